The molecule has 0 bridgehead atoms. The largest absolute Gasteiger partial charge is 0.492 e. The van der Waals surface area contributed by atoms with E-state index in [2.05, 4.69) is 6.07 Å². The monoisotopic (exact) mass is 413 g/mol. The molecule has 0 aliphatic carbocycles. The van der Waals surface area contributed by atoms with Gasteiger partial charge in [0.25, 0.3) is 0 Å². The molecule has 2 aromatic rings. The summed E-state index contributed by atoms with van der Waals surface area (Å²) >= 11 is 6.13. The molecule has 0 spiro atoms. The van der Waals surface area contributed by atoms with Gasteiger partial charge < -0.3 is 19.1 Å². The summed E-state index contributed by atoms with van der Waals surface area (Å²) in [5.74, 6) is 2.38. The van der Waals surface area contributed by atoms with E-state index in [-0.39, 0.29) is 17.9 Å². The van der Waals surface area contributed by atoms with Crippen LogP contribution in [0.4, 0.5) is 0 Å². The maximum Gasteiger partial charge on any atom is 0.229 e. The van der Waals surface area contributed by atoms with Crippen LogP contribution in [0.25, 0.3) is 0 Å². The highest BCUT2D eigenvalue weighted by Gasteiger charge is 2.36. The number of hydrogen-bond acceptors (Lipinski definition) is 4. The van der Waals surface area contributed by atoms with Crippen LogP contribution in [-0.4, -0.2) is 37.2 Å². The molecule has 0 unspecified atom stereocenters. The number of fused-ring (bicyclic) bond motifs is 2. The first-order chi connectivity index (χ1) is 14.2. The molecule has 3 aliphatic heterocycles. The van der Waals surface area contributed by atoms with Gasteiger partial charge >= 0.3 is 0 Å². The fourth-order valence-electron chi connectivity index (χ4n) is 4.52. The standard InChI is InChI=1S/C23H24ClNO4/c24-18-5-7-20-16(12-18)11-17(14-29-20)23(26)25-8-1-3-19(25)15-4-6-21-22(13-15)28-10-2-9-27-21/h4-7,12-13,17,19H,1-3,8-11,14H2/t17-,19-/m0/s1. The van der Waals surface area contributed by atoms with E-state index in [1.807, 2.05) is 35.2 Å². The van der Waals surface area contributed by atoms with E-state index in [9.17, 15) is 4.79 Å². The quantitative estimate of drug-likeness (QED) is 0.731. The van der Waals surface area contributed by atoms with Crippen molar-refractivity contribution in [1.29, 1.82) is 0 Å². The van der Waals surface area contributed by atoms with Crippen LogP contribution in [0.2, 0.25) is 5.02 Å². The minimum atomic E-state index is -0.179. The molecule has 2 atom stereocenters. The van der Waals surface area contributed by atoms with E-state index in [0.29, 0.717) is 31.3 Å². The topological polar surface area (TPSA) is 48.0 Å². The van der Waals surface area contributed by atoms with Gasteiger partial charge in [-0.25, -0.2) is 0 Å². The molecule has 0 aromatic heterocycles. The molecule has 1 saturated heterocycles. The van der Waals surface area contributed by atoms with Crippen molar-refractivity contribution in [2.75, 3.05) is 26.4 Å². The molecule has 2 aromatic carbocycles. The van der Waals surface area contributed by atoms with E-state index >= 15 is 0 Å². The summed E-state index contributed by atoms with van der Waals surface area (Å²) in [4.78, 5) is 15.4. The Kier molecular flexibility index (Phi) is 5.00. The normalized spacial score (nSPS) is 23.1. The molecule has 1 amide bonds. The lowest BCUT2D eigenvalue weighted by Gasteiger charge is -2.32. The van der Waals surface area contributed by atoms with Crippen molar-refractivity contribution in [3.63, 3.8) is 0 Å². The molecule has 152 valence electrons. The van der Waals surface area contributed by atoms with Crippen LogP contribution in [-0.2, 0) is 11.2 Å². The first-order valence-corrected chi connectivity index (χ1v) is 10.7. The number of carbonyl (C=O) groups is 1. The predicted octanol–water partition coefficient (Wildman–Crippen LogP) is 4.42. The molecule has 5 nitrogen and oxygen atoms in total. The highest BCUT2D eigenvalue weighted by Crippen LogP contribution is 2.39. The number of amides is 1. The number of likely N-dealkylation sites (tertiary alicyclic amines) is 1. The minimum absolute atomic E-state index is 0.0698. The van der Waals surface area contributed by atoms with Crippen LogP contribution < -0.4 is 14.2 Å². The number of rotatable bonds is 2. The van der Waals surface area contributed by atoms with Gasteiger partial charge in [0.15, 0.2) is 11.5 Å². The zero-order chi connectivity index (χ0) is 19.8. The van der Waals surface area contributed by atoms with Gasteiger partial charge in [0, 0.05) is 18.0 Å². The lowest BCUT2D eigenvalue weighted by Crippen LogP contribution is -2.40. The highest BCUT2D eigenvalue weighted by atomic mass is 35.5. The van der Waals surface area contributed by atoms with Crippen LogP contribution in [0.3, 0.4) is 0 Å². The molecule has 29 heavy (non-hydrogen) atoms. The van der Waals surface area contributed by atoms with E-state index in [4.69, 9.17) is 25.8 Å². The Bertz CT molecular complexity index is 931. The van der Waals surface area contributed by atoms with Crippen LogP contribution in [0, 0.1) is 5.92 Å². The maximum atomic E-state index is 13.4. The first-order valence-electron chi connectivity index (χ1n) is 10.3. The summed E-state index contributed by atoms with van der Waals surface area (Å²) in [5.41, 5.74) is 2.12. The average Bonchev–Trinajstić information content (AvgIpc) is 3.11. The fourth-order valence-corrected chi connectivity index (χ4v) is 4.72. The van der Waals surface area contributed by atoms with Gasteiger partial charge in [0.1, 0.15) is 12.4 Å². The average molecular weight is 414 g/mol. The highest BCUT2D eigenvalue weighted by molar-refractivity contribution is 6.30. The molecule has 5 rings (SSSR count). The van der Waals surface area contributed by atoms with Crippen molar-refractivity contribution < 1.29 is 19.0 Å². The Morgan fingerprint density at radius 1 is 0.966 bits per heavy atom. The Morgan fingerprint density at radius 2 is 1.79 bits per heavy atom. The van der Waals surface area contributed by atoms with Crippen molar-refractivity contribution in [1.82, 2.24) is 4.90 Å². The zero-order valence-corrected chi connectivity index (χ0v) is 17.0. The number of benzene rings is 2. The summed E-state index contributed by atoms with van der Waals surface area (Å²) in [5, 5.41) is 0.673. The molecular weight excluding hydrogens is 390 g/mol. The molecule has 1 fully saturated rings. The first kappa shape index (κ1) is 18.6. The summed E-state index contributed by atoms with van der Waals surface area (Å²) < 4.78 is 17.5. The lowest BCUT2D eigenvalue weighted by molar-refractivity contribution is -0.137. The molecule has 0 saturated carbocycles. The number of nitrogens with zero attached hydrogens (tertiary/aromatic N) is 1. The molecule has 3 heterocycles. The van der Waals surface area contributed by atoms with Crippen molar-refractivity contribution in [2.24, 2.45) is 5.92 Å². The van der Waals surface area contributed by atoms with Gasteiger partial charge in [0.2, 0.25) is 5.91 Å². The Morgan fingerprint density at radius 3 is 2.69 bits per heavy atom. The smallest absolute Gasteiger partial charge is 0.229 e. The second-order valence-corrected chi connectivity index (χ2v) is 8.35. The maximum absolute atomic E-state index is 13.4. The summed E-state index contributed by atoms with van der Waals surface area (Å²) in [6.07, 6.45) is 3.51. The van der Waals surface area contributed by atoms with Gasteiger partial charge in [-0.3, -0.25) is 4.79 Å². The minimum Gasteiger partial charge on any atom is -0.492 e. The van der Waals surface area contributed by atoms with E-state index < -0.39 is 0 Å². The van der Waals surface area contributed by atoms with Crippen LogP contribution >= 0.6 is 11.6 Å². The molecule has 3 aliphatic rings. The third-order valence-electron chi connectivity index (χ3n) is 5.97. The third-order valence-corrected chi connectivity index (χ3v) is 6.21. The Hall–Kier alpha value is -2.40. The van der Waals surface area contributed by atoms with Crippen molar-refractivity contribution >= 4 is 17.5 Å². The predicted molar refractivity (Wildman–Crippen MR) is 110 cm³/mol. The molecule has 0 radical (unpaired) electrons. The molecule has 0 N–H and O–H groups in total. The zero-order valence-electron chi connectivity index (χ0n) is 16.2. The second-order valence-electron chi connectivity index (χ2n) is 7.91. The van der Waals surface area contributed by atoms with Gasteiger partial charge in [0.05, 0.1) is 25.2 Å². The van der Waals surface area contributed by atoms with Crippen LogP contribution in [0.5, 0.6) is 17.2 Å². The van der Waals surface area contributed by atoms with Crippen LogP contribution in [0.1, 0.15) is 36.4 Å². The number of halogens is 1. The summed E-state index contributed by atoms with van der Waals surface area (Å²) in [6, 6.07) is 11.8. The number of hydrogen-bond donors (Lipinski definition) is 0. The summed E-state index contributed by atoms with van der Waals surface area (Å²) in [6.45, 7) is 2.52. The third kappa shape index (κ3) is 3.64. The molecule has 6 heteroatoms. The van der Waals surface area contributed by atoms with E-state index in [0.717, 1.165) is 54.2 Å². The van der Waals surface area contributed by atoms with E-state index in [1.54, 1.807) is 0 Å². The lowest BCUT2D eigenvalue weighted by atomic mass is 9.94. The Balaban J connectivity index is 1.36. The number of carbonyl (C=O) groups excluding carboxylic acids is 1. The second kappa shape index (κ2) is 7.79. The van der Waals surface area contributed by atoms with Gasteiger partial charge in [-0.1, -0.05) is 17.7 Å². The van der Waals surface area contributed by atoms with E-state index in [1.165, 1.54) is 0 Å². The van der Waals surface area contributed by atoms with Crippen molar-refractivity contribution in [3.8, 4) is 17.2 Å². The van der Waals surface area contributed by atoms with Gasteiger partial charge in [-0.05, 0) is 60.7 Å². The van der Waals surface area contributed by atoms with Crippen molar-refractivity contribution in [3.05, 3.63) is 52.5 Å². The van der Waals surface area contributed by atoms with Crippen molar-refractivity contribution in [2.45, 2.75) is 31.7 Å². The van der Waals surface area contributed by atoms with Crippen LogP contribution in [0.15, 0.2) is 36.4 Å². The fraction of sp³-hybridized carbons (Fsp3) is 0.435. The molecular formula is C23H24ClNO4. The van der Waals surface area contributed by atoms with Gasteiger partial charge in [-0.2, -0.15) is 0 Å². The van der Waals surface area contributed by atoms with Gasteiger partial charge in [-0.15, -0.1) is 0 Å². The number of ether oxygens (including phenoxy) is 3. The Labute approximate surface area is 175 Å². The SMILES string of the molecule is O=C([C@@H]1COc2ccc(Cl)cc2C1)N1CCC[C@H]1c1ccc2c(c1)OCCCO2. The summed E-state index contributed by atoms with van der Waals surface area (Å²) in [7, 11) is 0.